The first-order valence-corrected chi connectivity index (χ1v) is 7.90. The number of hydrogen-bond acceptors (Lipinski definition) is 1. The second-order valence-electron chi connectivity index (χ2n) is 6.06. The SMILES string of the molecule is CC1=C(C)C(C)=C(c2ccccc2CNc2ccccc2)C1. The summed E-state index contributed by atoms with van der Waals surface area (Å²) in [6, 6.07) is 19.2. The van der Waals surface area contributed by atoms with Crippen molar-refractivity contribution in [3.8, 4) is 0 Å². The van der Waals surface area contributed by atoms with Gasteiger partial charge in [-0.15, -0.1) is 0 Å². The zero-order valence-corrected chi connectivity index (χ0v) is 13.6. The summed E-state index contributed by atoms with van der Waals surface area (Å²) in [5, 5.41) is 3.53. The van der Waals surface area contributed by atoms with Crippen LogP contribution in [0.5, 0.6) is 0 Å². The van der Waals surface area contributed by atoms with E-state index < -0.39 is 0 Å². The minimum absolute atomic E-state index is 0.856. The molecular weight excluding hydrogens is 266 g/mol. The van der Waals surface area contributed by atoms with Crippen molar-refractivity contribution in [1.29, 1.82) is 0 Å². The van der Waals surface area contributed by atoms with Gasteiger partial charge in [0.1, 0.15) is 0 Å². The summed E-state index contributed by atoms with van der Waals surface area (Å²) in [7, 11) is 0. The van der Waals surface area contributed by atoms with Gasteiger partial charge >= 0.3 is 0 Å². The van der Waals surface area contributed by atoms with Gasteiger partial charge in [0.05, 0.1) is 0 Å². The molecule has 1 aliphatic carbocycles. The lowest BCUT2D eigenvalue weighted by molar-refractivity contribution is 1.13. The Kier molecular flexibility index (Phi) is 4.15. The Hall–Kier alpha value is -2.28. The summed E-state index contributed by atoms with van der Waals surface area (Å²) >= 11 is 0. The van der Waals surface area contributed by atoms with Gasteiger partial charge in [0.15, 0.2) is 0 Å². The summed E-state index contributed by atoms with van der Waals surface area (Å²) in [4.78, 5) is 0. The third-order valence-corrected chi connectivity index (χ3v) is 4.70. The van der Waals surface area contributed by atoms with E-state index in [1.54, 1.807) is 0 Å². The zero-order valence-electron chi connectivity index (χ0n) is 13.6. The van der Waals surface area contributed by atoms with Gasteiger partial charge in [-0.25, -0.2) is 0 Å². The summed E-state index contributed by atoms with van der Waals surface area (Å²) in [5.41, 5.74) is 9.81. The summed E-state index contributed by atoms with van der Waals surface area (Å²) in [6.45, 7) is 7.59. The van der Waals surface area contributed by atoms with Gasteiger partial charge in [0.2, 0.25) is 0 Å². The van der Waals surface area contributed by atoms with Gasteiger partial charge in [-0.05, 0) is 67.2 Å². The van der Waals surface area contributed by atoms with E-state index in [9.17, 15) is 0 Å². The molecule has 1 aliphatic rings. The van der Waals surface area contributed by atoms with Gasteiger partial charge in [-0.2, -0.15) is 0 Å². The fraction of sp³-hybridized carbons (Fsp3) is 0.238. The highest BCUT2D eigenvalue weighted by Crippen LogP contribution is 2.38. The van der Waals surface area contributed by atoms with Gasteiger partial charge in [0, 0.05) is 12.2 Å². The molecule has 3 rings (SSSR count). The quantitative estimate of drug-likeness (QED) is 0.748. The molecule has 0 aromatic heterocycles. The highest BCUT2D eigenvalue weighted by Gasteiger charge is 2.18. The molecule has 0 bridgehead atoms. The lowest BCUT2D eigenvalue weighted by Crippen LogP contribution is -2.02. The molecule has 0 atom stereocenters. The van der Waals surface area contributed by atoms with Crippen LogP contribution in [-0.4, -0.2) is 0 Å². The third-order valence-electron chi connectivity index (χ3n) is 4.70. The lowest BCUT2D eigenvalue weighted by Gasteiger charge is -2.14. The van der Waals surface area contributed by atoms with Crippen LogP contribution in [0.4, 0.5) is 5.69 Å². The van der Waals surface area contributed by atoms with Crippen molar-refractivity contribution in [1.82, 2.24) is 0 Å². The molecular formula is C21H23N. The molecule has 1 heteroatoms. The molecule has 2 aromatic rings. The average molecular weight is 289 g/mol. The first kappa shape index (κ1) is 14.6. The largest absolute Gasteiger partial charge is 0.381 e. The van der Waals surface area contributed by atoms with Gasteiger partial charge in [-0.1, -0.05) is 48.0 Å². The van der Waals surface area contributed by atoms with Crippen molar-refractivity contribution < 1.29 is 0 Å². The maximum atomic E-state index is 3.53. The fourth-order valence-electron chi connectivity index (χ4n) is 3.10. The Bertz CT molecular complexity index is 736. The van der Waals surface area contributed by atoms with E-state index in [2.05, 4.69) is 74.6 Å². The predicted octanol–water partition coefficient (Wildman–Crippen LogP) is 5.81. The van der Waals surface area contributed by atoms with Gasteiger partial charge in [-0.3, -0.25) is 0 Å². The number of rotatable bonds is 4. The Morgan fingerprint density at radius 1 is 0.818 bits per heavy atom. The minimum atomic E-state index is 0.856. The molecule has 0 saturated heterocycles. The number of benzene rings is 2. The topological polar surface area (TPSA) is 12.0 Å². The second-order valence-corrected chi connectivity index (χ2v) is 6.06. The normalized spacial score (nSPS) is 14.7. The molecule has 0 aliphatic heterocycles. The van der Waals surface area contributed by atoms with Crippen molar-refractivity contribution in [3.63, 3.8) is 0 Å². The first-order valence-electron chi connectivity index (χ1n) is 7.90. The van der Waals surface area contributed by atoms with Crippen molar-refractivity contribution in [2.45, 2.75) is 33.7 Å². The molecule has 0 saturated carbocycles. The molecule has 0 fully saturated rings. The maximum Gasteiger partial charge on any atom is 0.0406 e. The highest BCUT2D eigenvalue weighted by atomic mass is 14.9. The molecule has 0 amide bonds. The molecule has 1 N–H and O–H groups in total. The summed E-state index contributed by atoms with van der Waals surface area (Å²) in [5.74, 6) is 0. The monoisotopic (exact) mass is 289 g/mol. The van der Waals surface area contributed by atoms with Gasteiger partial charge < -0.3 is 5.32 Å². The lowest BCUT2D eigenvalue weighted by atomic mass is 9.95. The summed E-state index contributed by atoms with van der Waals surface area (Å²) in [6.07, 6.45) is 1.08. The molecule has 112 valence electrons. The number of para-hydroxylation sites is 1. The Labute approximate surface area is 133 Å². The van der Waals surface area contributed by atoms with Crippen LogP contribution in [0.1, 0.15) is 38.3 Å². The van der Waals surface area contributed by atoms with Crippen LogP contribution >= 0.6 is 0 Å². The minimum Gasteiger partial charge on any atom is -0.381 e. The van der Waals surface area contributed by atoms with E-state index in [1.165, 1.54) is 39.1 Å². The van der Waals surface area contributed by atoms with E-state index in [-0.39, 0.29) is 0 Å². The van der Waals surface area contributed by atoms with Crippen LogP contribution in [0.2, 0.25) is 0 Å². The van der Waals surface area contributed by atoms with Crippen molar-refractivity contribution in [2.24, 2.45) is 0 Å². The third kappa shape index (κ3) is 2.85. The van der Waals surface area contributed by atoms with E-state index in [1.807, 2.05) is 6.07 Å². The van der Waals surface area contributed by atoms with Crippen LogP contribution in [-0.2, 0) is 6.54 Å². The van der Waals surface area contributed by atoms with E-state index in [4.69, 9.17) is 0 Å². The molecule has 0 spiro atoms. The molecule has 1 nitrogen and oxygen atoms in total. The van der Waals surface area contributed by atoms with Crippen LogP contribution in [0.25, 0.3) is 5.57 Å². The van der Waals surface area contributed by atoms with E-state index in [0.29, 0.717) is 0 Å². The number of hydrogen-bond donors (Lipinski definition) is 1. The van der Waals surface area contributed by atoms with Crippen LogP contribution < -0.4 is 5.32 Å². The van der Waals surface area contributed by atoms with Crippen LogP contribution in [0, 0.1) is 0 Å². The fourth-order valence-corrected chi connectivity index (χ4v) is 3.10. The number of nitrogens with one attached hydrogen (secondary N) is 1. The van der Waals surface area contributed by atoms with Crippen LogP contribution in [0.3, 0.4) is 0 Å². The van der Waals surface area contributed by atoms with Crippen LogP contribution in [0.15, 0.2) is 71.3 Å². The average Bonchev–Trinajstić information content (AvgIpc) is 2.82. The molecule has 22 heavy (non-hydrogen) atoms. The Morgan fingerprint density at radius 2 is 1.50 bits per heavy atom. The Balaban J connectivity index is 1.86. The predicted molar refractivity (Wildman–Crippen MR) is 95.8 cm³/mol. The number of anilines is 1. The molecule has 0 heterocycles. The molecule has 0 radical (unpaired) electrons. The van der Waals surface area contributed by atoms with E-state index in [0.717, 1.165) is 13.0 Å². The zero-order chi connectivity index (χ0) is 15.5. The maximum absolute atomic E-state index is 3.53. The highest BCUT2D eigenvalue weighted by molar-refractivity contribution is 5.79. The smallest absolute Gasteiger partial charge is 0.0406 e. The Morgan fingerprint density at radius 3 is 2.18 bits per heavy atom. The van der Waals surface area contributed by atoms with Crippen molar-refractivity contribution in [3.05, 3.63) is 82.4 Å². The molecule has 2 aromatic carbocycles. The van der Waals surface area contributed by atoms with Gasteiger partial charge in [0.25, 0.3) is 0 Å². The van der Waals surface area contributed by atoms with E-state index >= 15 is 0 Å². The second kappa shape index (κ2) is 6.23. The van der Waals surface area contributed by atoms with Crippen molar-refractivity contribution >= 4 is 11.3 Å². The van der Waals surface area contributed by atoms with Crippen molar-refractivity contribution in [2.75, 3.05) is 5.32 Å². The molecule has 0 unspecified atom stereocenters. The standard InChI is InChI=1S/C21H23N/c1-15-13-21(17(3)16(15)2)20-12-8-7-9-18(20)14-22-19-10-5-4-6-11-19/h4-12,22H,13-14H2,1-3H3. The number of allylic oxidation sites excluding steroid dienone is 4. The summed E-state index contributed by atoms with van der Waals surface area (Å²) < 4.78 is 0. The first-order chi connectivity index (χ1) is 10.7.